The zero-order valence-electron chi connectivity index (χ0n) is 15.4. The van der Waals surface area contributed by atoms with Crippen LogP contribution in [0.5, 0.6) is 11.5 Å². The van der Waals surface area contributed by atoms with Crippen LogP contribution in [0.2, 0.25) is 5.15 Å². The molecule has 6 nitrogen and oxygen atoms in total. The van der Waals surface area contributed by atoms with Gasteiger partial charge in [-0.1, -0.05) is 17.7 Å². The number of aliphatic imine (C=N–C) groups is 1. The summed E-state index contributed by atoms with van der Waals surface area (Å²) in [6.07, 6.45) is 2.65. The number of hydrogen-bond donors (Lipinski definition) is 1. The lowest BCUT2D eigenvalue weighted by Crippen LogP contribution is -2.45. The van der Waals surface area contributed by atoms with Crippen molar-refractivity contribution in [1.29, 1.82) is 0 Å². The number of fused-ring (bicyclic) bond motifs is 4. The predicted molar refractivity (Wildman–Crippen MR) is 107 cm³/mol. The molecule has 0 fully saturated rings. The van der Waals surface area contributed by atoms with Crippen molar-refractivity contribution in [2.24, 2.45) is 10.7 Å². The Morgan fingerprint density at radius 1 is 1.17 bits per heavy atom. The Hall–Kier alpha value is -3.03. The number of hydrogen-bond acceptors (Lipinski definition) is 6. The van der Waals surface area contributed by atoms with Crippen molar-refractivity contribution in [3.8, 4) is 22.6 Å². The predicted octanol–water partition coefficient (Wildman–Crippen LogP) is 4.06. The number of pyridine rings is 2. The summed E-state index contributed by atoms with van der Waals surface area (Å²) in [4.78, 5) is 12.7. The van der Waals surface area contributed by atoms with E-state index in [0.717, 1.165) is 0 Å². The number of nitrogens with zero attached hydrogens (tertiary/aromatic N) is 3. The standard InChI is InChI=1S/C21H16ClFN4O2/c1-11-20(24)27-21(10-28-11)14-7-12(13-3-2-6-25-19(13)23)4-5-16(14)29-17-9-26-18(22)8-15(17)21/h2-9,11H,10H2,1H3,(H2,24,27). The quantitative estimate of drug-likeness (QED) is 0.612. The van der Waals surface area contributed by atoms with E-state index in [1.165, 1.54) is 6.20 Å². The highest BCUT2D eigenvalue weighted by atomic mass is 35.5. The van der Waals surface area contributed by atoms with E-state index in [9.17, 15) is 4.39 Å². The van der Waals surface area contributed by atoms with Crippen LogP contribution in [-0.4, -0.2) is 28.5 Å². The zero-order chi connectivity index (χ0) is 20.2. The molecule has 0 saturated heterocycles. The number of benzene rings is 1. The highest BCUT2D eigenvalue weighted by molar-refractivity contribution is 6.29. The van der Waals surface area contributed by atoms with Crippen LogP contribution in [-0.2, 0) is 10.3 Å². The van der Waals surface area contributed by atoms with Crippen molar-refractivity contribution in [2.75, 3.05) is 6.61 Å². The van der Waals surface area contributed by atoms with Crippen molar-refractivity contribution in [2.45, 2.75) is 18.6 Å². The second kappa shape index (κ2) is 6.50. The molecular weight excluding hydrogens is 395 g/mol. The van der Waals surface area contributed by atoms with E-state index >= 15 is 0 Å². The topological polar surface area (TPSA) is 82.6 Å². The first-order valence-corrected chi connectivity index (χ1v) is 9.42. The number of halogens is 2. The average molecular weight is 411 g/mol. The van der Waals surface area contributed by atoms with Crippen LogP contribution in [0, 0.1) is 5.95 Å². The molecule has 29 heavy (non-hydrogen) atoms. The highest BCUT2D eigenvalue weighted by Gasteiger charge is 2.46. The van der Waals surface area contributed by atoms with Crippen LogP contribution >= 0.6 is 11.6 Å². The third kappa shape index (κ3) is 2.77. The summed E-state index contributed by atoms with van der Waals surface area (Å²) in [5.41, 5.74) is 7.64. The van der Waals surface area contributed by atoms with Crippen molar-refractivity contribution in [3.05, 3.63) is 71.0 Å². The molecule has 0 amide bonds. The van der Waals surface area contributed by atoms with Gasteiger partial charge in [0.25, 0.3) is 0 Å². The number of rotatable bonds is 1. The maximum Gasteiger partial charge on any atom is 0.220 e. The van der Waals surface area contributed by atoms with Crippen LogP contribution in [0.25, 0.3) is 11.1 Å². The summed E-state index contributed by atoms with van der Waals surface area (Å²) < 4.78 is 26.3. The van der Waals surface area contributed by atoms with Gasteiger partial charge in [0.05, 0.1) is 12.8 Å². The molecule has 2 atom stereocenters. The monoisotopic (exact) mass is 410 g/mol. The van der Waals surface area contributed by atoms with Gasteiger partial charge in [-0.15, -0.1) is 0 Å². The fourth-order valence-corrected chi connectivity index (χ4v) is 3.90. The molecule has 4 heterocycles. The molecule has 146 valence electrons. The molecule has 0 saturated carbocycles. The lowest BCUT2D eigenvalue weighted by Gasteiger charge is -2.40. The second-order valence-corrected chi connectivity index (χ2v) is 7.40. The van der Waals surface area contributed by atoms with Gasteiger partial charge in [-0.25, -0.2) is 9.97 Å². The van der Waals surface area contributed by atoms with E-state index < -0.39 is 11.5 Å². The van der Waals surface area contributed by atoms with E-state index in [1.807, 2.05) is 13.0 Å². The van der Waals surface area contributed by atoms with Gasteiger partial charge in [-0.2, -0.15) is 4.39 Å². The number of ether oxygens (including phenoxy) is 2. The minimum atomic E-state index is -0.971. The van der Waals surface area contributed by atoms with Crippen LogP contribution in [0.4, 0.5) is 4.39 Å². The lowest BCUT2D eigenvalue weighted by atomic mass is 9.80. The Bertz CT molecular complexity index is 1170. The van der Waals surface area contributed by atoms with E-state index in [4.69, 9.17) is 31.8 Å². The van der Waals surface area contributed by atoms with E-state index in [2.05, 4.69) is 9.97 Å². The van der Waals surface area contributed by atoms with Gasteiger partial charge in [0.1, 0.15) is 28.4 Å². The van der Waals surface area contributed by atoms with Gasteiger partial charge in [0, 0.05) is 22.9 Å². The summed E-state index contributed by atoms with van der Waals surface area (Å²) in [6.45, 7) is 2.07. The first-order chi connectivity index (χ1) is 14.0. The van der Waals surface area contributed by atoms with E-state index in [-0.39, 0.29) is 12.7 Å². The molecule has 1 aromatic carbocycles. The Kier molecular flexibility index (Phi) is 4.04. The molecule has 0 bridgehead atoms. The minimum Gasteiger partial charge on any atom is -0.455 e. The first-order valence-electron chi connectivity index (χ1n) is 9.04. The molecule has 0 aliphatic carbocycles. The molecule has 2 aliphatic rings. The third-order valence-corrected chi connectivity index (χ3v) is 5.48. The third-order valence-electron chi connectivity index (χ3n) is 5.27. The molecular formula is C21H16ClFN4O2. The Morgan fingerprint density at radius 3 is 2.79 bits per heavy atom. The van der Waals surface area contributed by atoms with Gasteiger partial charge in [0.15, 0.2) is 5.75 Å². The molecule has 0 radical (unpaired) electrons. The molecule has 8 heteroatoms. The number of amidine groups is 1. The van der Waals surface area contributed by atoms with Crippen LogP contribution < -0.4 is 10.5 Å². The van der Waals surface area contributed by atoms with Crippen molar-refractivity contribution >= 4 is 17.4 Å². The molecule has 1 spiro atoms. The molecule has 2 aliphatic heterocycles. The molecule has 2 aromatic heterocycles. The van der Waals surface area contributed by atoms with E-state index in [1.54, 1.807) is 36.5 Å². The molecule has 2 unspecified atom stereocenters. The van der Waals surface area contributed by atoms with Crippen LogP contribution in [0.15, 0.2) is 53.8 Å². The maximum absolute atomic E-state index is 14.3. The van der Waals surface area contributed by atoms with Gasteiger partial charge in [-0.3, -0.25) is 4.99 Å². The summed E-state index contributed by atoms with van der Waals surface area (Å²) in [7, 11) is 0. The Balaban J connectivity index is 1.78. The fraction of sp³-hybridized carbons (Fsp3) is 0.190. The lowest BCUT2D eigenvalue weighted by molar-refractivity contribution is 0.0586. The SMILES string of the molecule is CC1OCC2(N=C1N)c1cc(-c3cccnc3F)ccc1Oc1cnc(Cl)cc12. The fourth-order valence-electron chi connectivity index (χ4n) is 3.75. The van der Waals surface area contributed by atoms with Gasteiger partial charge in [-0.05, 0) is 42.8 Å². The molecule has 3 aromatic rings. The van der Waals surface area contributed by atoms with Gasteiger partial charge < -0.3 is 15.2 Å². The summed E-state index contributed by atoms with van der Waals surface area (Å²) in [5.74, 6) is 0.907. The van der Waals surface area contributed by atoms with Gasteiger partial charge >= 0.3 is 0 Å². The first kappa shape index (κ1) is 18.0. The van der Waals surface area contributed by atoms with Crippen molar-refractivity contribution < 1.29 is 13.9 Å². The highest BCUT2D eigenvalue weighted by Crippen LogP contribution is 2.51. The van der Waals surface area contributed by atoms with Crippen molar-refractivity contribution in [1.82, 2.24) is 9.97 Å². The largest absolute Gasteiger partial charge is 0.455 e. The summed E-state index contributed by atoms with van der Waals surface area (Å²) in [5, 5.41) is 0.303. The smallest absolute Gasteiger partial charge is 0.220 e. The molecule has 5 rings (SSSR count). The van der Waals surface area contributed by atoms with Crippen molar-refractivity contribution in [3.63, 3.8) is 0 Å². The molecule has 2 N–H and O–H groups in total. The van der Waals surface area contributed by atoms with Gasteiger partial charge in [0.2, 0.25) is 5.95 Å². The number of nitrogens with two attached hydrogens (primary N) is 1. The van der Waals surface area contributed by atoms with Crippen LogP contribution in [0.1, 0.15) is 18.1 Å². The second-order valence-electron chi connectivity index (χ2n) is 7.01. The van der Waals surface area contributed by atoms with Crippen LogP contribution in [0.3, 0.4) is 0 Å². The Labute approximate surface area is 171 Å². The Morgan fingerprint density at radius 2 is 2.00 bits per heavy atom. The summed E-state index contributed by atoms with van der Waals surface area (Å²) in [6, 6.07) is 10.5. The average Bonchev–Trinajstić information content (AvgIpc) is 2.72. The normalized spacial score (nSPS) is 22.4. The minimum absolute atomic E-state index is 0.234. The summed E-state index contributed by atoms with van der Waals surface area (Å²) >= 11 is 6.17. The number of aromatic nitrogens is 2. The zero-order valence-corrected chi connectivity index (χ0v) is 16.2. The maximum atomic E-state index is 14.3. The van der Waals surface area contributed by atoms with E-state index in [0.29, 0.717) is 44.7 Å².